The summed E-state index contributed by atoms with van der Waals surface area (Å²) in [7, 11) is 0. The van der Waals surface area contributed by atoms with Gasteiger partial charge >= 0.3 is 6.03 Å². The van der Waals surface area contributed by atoms with Gasteiger partial charge in [-0.25, -0.2) is 14.8 Å². The molecule has 0 saturated carbocycles. The highest BCUT2D eigenvalue weighted by Crippen LogP contribution is 2.19. The van der Waals surface area contributed by atoms with Crippen molar-refractivity contribution < 1.29 is 9.59 Å². The van der Waals surface area contributed by atoms with Crippen molar-refractivity contribution in [3.05, 3.63) is 42.2 Å². The van der Waals surface area contributed by atoms with Crippen LogP contribution < -0.4 is 27.4 Å². The Bertz CT molecular complexity index is 877. The van der Waals surface area contributed by atoms with E-state index >= 15 is 0 Å². The molecule has 0 radical (unpaired) electrons. The van der Waals surface area contributed by atoms with E-state index in [4.69, 9.17) is 11.5 Å². The van der Waals surface area contributed by atoms with Gasteiger partial charge in [-0.1, -0.05) is 18.2 Å². The third kappa shape index (κ3) is 5.40. The lowest BCUT2D eigenvalue weighted by atomic mass is 10.1. The SMILES string of the molecule is NC(N)=NC(=O)NCc1cccc(-c2cnc(NCC3CCC(=O)N3)nc2)c1. The van der Waals surface area contributed by atoms with E-state index in [-0.39, 0.29) is 24.5 Å². The van der Waals surface area contributed by atoms with Gasteiger partial charge in [-0.05, 0) is 23.6 Å². The molecule has 1 aromatic carbocycles. The summed E-state index contributed by atoms with van der Waals surface area (Å²) in [6, 6.07) is 7.14. The number of rotatable bonds is 6. The standard InChI is InChI=1S/C18H22N8O2/c19-16(20)26-18(28)24-7-11-2-1-3-12(6-11)13-8-21-17(22-9-13)23-10-14-4-5-15(27)25-14/h1-3,6,8-9,14H,4-5,7,10H2,(H,25,27)(H,21,22,23)(H5,19,20,24,26,28). The molecule has 10 heteroatoms. The second kappa shape index (κ2) is 8.80. The summed E-state index contributed by atoms with van der Waals surface area (Å²) in [4.78, 5) is 34.7. The lowest BCUT2D eigenvalue weighted by Gasteiger charge is -2.11. The van der Waals surface area contributed by atoms with E-state index in [1.165, 1.54) is 0 Å². The fourth-order valence-corrected chi connectivity index (χ4v) is 2.81. The van der Waals surface area contributed by atoms with Crippen LogP contribution in [0.1, 0.15) is 18.4 Å². The van der Waals surface area contributed by atoms with Gasteiger partial charge in [-0.15, -0.1) is 0 Å². The fourth-order valence-electron chi connectivity index (χ4n) is 2.81. The third-order valence-corrected chi connectivity index (χ3v) is 4.18. The molecule has 1 aromatic heterocycles. The molecule has 28 heavy (non-hydrogen) atoms. The Balaban J connectivity index is 1.58. The first-order valence-corrected chi connectivity index (χ1v) is 8.81. The monoisotopic (exact) mass is 382 g/mol. The van der Waals surface area contributed by atoms with E-state index in [1.54, 1.807) is 12.4 Å². The number of nitrogens with zero attached hydrogens (tertiary/aromatic N) is 3. The van der Waals surface area contributed by atoms with Crippen LogP contribution in [-0.4, -0.2) is 40.5 Å². The average Bonchev–Trinajstić information content (AvgIpc) is 3.10. The van der Waals surface area contributed by atoms with Crippen molar-refractivity contribution >= 4 is 23.8 Å². The Hall–Kier alpha value is -3.69. The second-order valence-corrected chi connectivity index (χ2v) is 6.38. The Morgan fingerprint density at radius 2 is 2.04 bits per heavy atom. The number of anilines is 1. The first kappa shape index (κ1) is 19.1. The topological polar surface area (TPSA) is 160 Å². The highest BCUT2D eigenvalue weighted by molar-refractivity contribution is 5.90. The average molecular weight is 382 g/mol. The molecular formula is C18H22N8O2. The van der Waals surface area contributed by atoms with Gasteiger partial charge < -0.3 is 27.4 Å². The maximum Gasteiger partial charge on any atom is 0.344 e. The highest BCUT2D eigenvalue weighted by atomic mass is 16.2. The van der Waals surface area contributed by atoms with Gasteiger partial charge in [0, 0.05) is 43.5 Å². The number of carbonyl (C=O) groups excluding carboxylic acids is 2. The number of hydrogen-bond donors (Lipinski definition) is 5. The summed E-state index contributed by atoms with van der Waals surface area (Å²) in [5, 5.41) is 8.62. The summed E-state index contributed by atoms with van der Waals surface area (Å²) in [6.45, 7) is 0.882. The maximum absolute atomic E-state index is 11.5. The molecule has 0 bridgehead atoms. The zero-order chi connectivity index (χ0) is 19.9. The van der Waals surface area contributed by atoms with Crippen molar-refractivity contribution in [3.8, 4) is 11.1 Å². The molecule has 2 heterocycles. The van der Waals surface area contributed by atoms with Crippen LogP contribution in [0.5, 0.6) is 0 Å². The Labute approximate surface area is 161 Å². The van der Waals surface area contributed by atoms with Gasteiger partial charge in [0.1, 0.15) is 0 Å². The highest BCUT2D eigenvalue weighted by Gasteiger charge is 2.20. The molecule has 2 aromatic rings. The van der Waals surface area contributed by atoms with Gasteiger partial charge in [0.2, 0.25) is 11.9 Å². The van der Waals surface area contributed by atoms with E-state index < -0.39 is 6.03 Å². The van der Waals surface area contributed by atoms with E-state index in [9.17, 15) is 9.59 Å². The van der Waals surface area contributed by atoms with Crippen LogP contribution in [-0.2, 0) is 11.3 Å². The Kier molecular flexibility index (Phi) is 6.00. The molecular weight excluding hydrogens is 360 g/mol. The van der Waals surface area contributed by atoms with Crippen LogP contribution in [0.3, 0.4) is 0 Å². The van der Waals surface area contributed by atoms with Crippen molar-refractivity contribution in [2.75, 3.05) is 11.9 Å². The predicted molar refractivity (Wildman–Crippen MR) is 105 cm³/mol. The summed E-state index contributed by atoms with van der Waals surface area (Å²) in [5.74, 6) is 0.301. The molecule has 1 unspecified atom stereocenters. The normalized spacial score (nSPS) is 15.6. The molecule has 7 N–H and O–H groups in total. The Morgan fingerprint density at radius 3 is 2.71 bits per heavy atom. The van der Waals surface area contributed by atoms with Crippen molar-refractivity contribution in [2.24, 2.45) is 16.5 Å². The molecule has 1 atom stereocenters. The van der Waals surface area contributed by atoms with Gasteiger partial charge in [0.15, 0.2) is 5.96 Å². The van der Waals surface area contributed by atoms with Crippen molar-refractivity contribution in [1.29, 1.82) is 0 Å². The van der Waals surface area contributed by atoms with Crippen LogP contribution in [0.4, 0.5) is 10.7 Å². The predicted octanol–water partition coefficient (Wildman–Crippen LogP) is 0.317. The van der Waals surface area contributed by atoms with Gasteiger partial charge in [0.05, 0.1) is 0 Å². The summed E-state index contributed by atoms with van der Waals surface area (Å²) >= 11 is 0. The first-order chi connectivity index (χ1) is 13.5. The minimum Gasteiger partial charge on any atom is -0.370 e. The number of benzene rings is 1. The molecule has 1 aliphatic rings. The zero-order valence-corrected chi connectivity index (χ0v) is 15.2. The largest absolute Gasteiger partial charge is 0.370 e. The number of nitrogens with two attached hydrogens (primary N) is 2. The molecule has 0 aliphatic carbocycles. The molecule has 10 nitrogen and oxygen atoms in total. The fraction of sp³-hybridized carbons (Fsp3) is 0.278. The zero-order valence-electron chi connectivity index (χ0n) is 15.2. The molecule has 3 amide bonds. The molecule has 1 aliphatic heterocycles. The van der Waals surface area contributed by atoms with E-state index in [0.29, 0.717) is 18.9 Å². The van der Waals surface area contributed by atoms with Gasteiger partial charge in [-0.3, -0.25) is 4.79 Å². The van der Waals surface area contributed by atoms with Crippen molar-refractivity contribution in [3.63, 3.8) is 0 Å². The van der Waals surface area contributed by atoms with Crippen molar-refractivity contribution in [2.45, 2.75) is 25.4 Å². The van der Waals surface area contributed by atoms with E-state index in [1.807, 2.05) is 24.3 Å². The third-order valence-electron chi connectivity index (χ3n) is 4.18. The number of urea groups is 1. The number of hydrogen-bond acceptors (Lipinski definition) is 5. The summed E-state index contributed by atoms with van der Waals surface area (Å²) < 4.78 is 0. The van der Waals surface area contributed by atoms with Crippen LogP contribution >= 0.6 is 0 Å². The molecule has 146 valence electrons. The van der Waals surface area contributed by atoms with Gasteiger partial charge in [-0.2, -0.15) is 4.99 Å². The number of nitrogens with one attached hydrogen (secondary N) is 3. The minimum atomic E-state index is -0.595. The molecule has 1 fully saturated rings. The molecule has 1 saturated heterocycles. The lowest BCUT2D eigenvalue weighted by Crippen LogP contribution is -2.32. The smallest absolute Gasteiger partial charge is 0.344 e. The summed E-state index contributed by atoms with van der Waals surface area (Å²) in [5.41, 5.74) is 13.0. The number of amides is 3. The van der Waals surface area contributed by atoms with Crippen LogP contribution in [0.2, 0.25) is 0 Å². The number of carbonyl (C=O) groups is 2. The van der Waals surface area contributed by atoms with Crippen LogP contribution in [0, 0.1) is 0 Å². The first-order valence-electron chi connectivity index (χ1n) is 8.81. The lowest BCUT2D eigenvalue weighted by molar-refractivity contribution is -0.119. The van der Waals surface area contributed by atoms with E-state index in [0.717, 1.165) is 23.1 Å². The number of aliphatic imine (C=N–C) groups is 1. The summed E-state index contributed by atoms with van der Waals surface area (Å²) in [6.07, 6.45) is 4.82. The van der Waals surface area contributed by atoms with Crippen LogP contribution in [0.15, 0.2) is 41.7 Å². The number of guanidine groups is 1. The van der Waals surface area contributed by atoms with E-state index in [2.05, 4.69) is 30.9 Å². The van der Waals surface area contributed by atoms with Crippen molar-refractivity contribution in [1.82, 2.24) is 20.6 Å². The Morgan fingerprint density at radius 1 is 1.25 bits per heavy atom. The van der Waals surface area contributed by atoms with Gasteiger partial charge in [0.25, 0.3) is 0 Å². The maximum atomic E-state index is 11.5. The molecule has 0 spiro atoms. The van der Waals surface area contributed by atoms with Crippen LogP contribution in [0.25, 0.3) is 11.1 Å². The second-order valence-electron chi connectivity index (χ2n) is 6.38. The number of aromatic nitrogens is 2. The quantitative estimate of drug-likeness (QED) is 0.355. The molecule has 3 rings (SSSR count). The minimum absolute atomic E-state index is 0.0810.